The molecule has 1 aliphatic rings. The highest BCUT2D eigenvalue weighted by molar-refractivity contribution is 5.90. The fourth-order valence-electron chi connectivity index (χ4n) is 4.04. The molecule has 1 aliphatic heterocycles. The third-order valence-corrected chi connectivity index (χ3v) is 5.51. The van der Waals surface area contributed by atoms with E-state index in [0.717, 1.165) is 24.5 Å². The molecule has 1 saturated heterocycles. The maximum absolute atomic E-state index is 13.7. The van der Waals surface area contributed by atoms with Crippen LogP contribution in [-0.4, -0.2) is 32.5 Å². The zero-order chi connectivity index (χ0) is 21.3. The van der Waals surface area contributed by atoms with Gasteiger partial charge >= 0.3 is 6.18 Å². The number of carbonyl (C=O) groups excluding carboxylic acids is 1. The van der Waals surface area contributed by atoms with Gasteiger partial charge in [-0.25, -0.2) is 4.98 Å². The number of rotatable bonds is 4. The first-order valence-electron chi connectivity index (χ1n) is 9.89. The van der Waals surface area contributed by atoms with Gasteiger partial charge in [0.05, 0.1) is 22.7 Å². The molecular formula is C21H22F3N5O. The average molecular weight is 417 g/mol. The number of hydrogen-bond donors (Lipinski definition) is 2. The smallest absolute Gasteiger partial charge is 0.383 e. The molecule has 1 aromatic carbocycles. The van der Waals surface area contributed by atoms with Gasteiger partial charge in [-0.1, -0.05) is 30.3 Å². The Morgan fingerprint density at radius 1 is 1.23 bits per heavy atom. The lowest BCUT2D eigenvalue weighted by molar-refractivity contribution is -0.136. The van der Waals surface area contributed by atoms with Crippen LogP contribution >= 0.6 is 0 Å². The molecule has 3 N–H and O–H groups in total. The van der Waals surface area contributed by atoms with Crippen molar-refractivity contribution in [3.05, 3.63) is 53.2 Å². The van der Waals surface area contributed by atoms with Crippen LogP contribution in [0.2, 0.25) is 0 Å². The lowest BCUT2D eigenvalue weighted by atomic mass is 9.96. The molecule has 1 fully saturated rings. The van der Waals surface area contributed by atoms with Gasteiger partial charge in [0.15, 0.2) is 5.65 Å². The van der Waals surface area contributed by atoms with Crippen LogP contribution in [0.4, 0.5) is 19.0 Å². The Balaban J connectivity index is 1.64. The third kappa shape index (κ3) is 3.96. The summed E-state index contributed by atoms with van der Waals surface area (Å²) in [6.45, 7) is 0.502. The number of carbonyl (C=O) groups is 1. The van der Waals surface area contributed by atoms with Crippen molar-refractivity contribution >= 4 is 22.8 Å². The van der Waals surface area contributed by atoms with E-state index < -0.39 is 17.8 Å². The number of halogens is 3. The molecule has 3 heterocycles. The van der Waals surface area contributed by atoms with Crippen LogP contribution in [0.5, 0.6) is 0 Å². The predicted octanol–water partition coefficient (Wildman–Crippen LogP) is 4.25. The number of H-pyrrole nitrogens is 1. The third-order valence-electron chi connectivity index (χ3n) is 5.51. The van der Waals surface area contributed by atoms with E-state index >= 15 is 0 Å². The van der Waals surface area contributed by atoms with Gasteiger partial charge in [0, 0.05) is 13.0 Å². The number of pyridine rings is 1. The summed E-state index contributed by atoms with van der Waals surface area (Å²) in [5.74, 6) is -0.253. The van der Waals surface area contributed by atoms with Crippen LogP contribution in [0.1, 0.15) is 48.5 Å². The molecule has 2 aromatic heterocycles. The number of nitrogens with one attached hydrogen (secondary N) is 1. The summed E-state index contributed by atoms with van der Waals surface area (Å²) in [5.41, 5.74) is 5.94. The number of fused-ring (bicyclic) bond motifs is 1. The lowest BCUT2D eigenvalue weighted by Crippen LogP contribution is -2.39. The molecule has 0 bridgehead atoms. The van der Waals surface area contributed by atoms with Gasteiger partial charge in [-0.3, -0.25) is 9.89 Å². The number of amides is 1. The van der Waals surface area contributed by atoms with Crippen molar-refractivity contribution in [1.29, 1.82) is 0 Å². The largest absolute Gasteiger partial charge is 0.417 e. The molecular weight excluding hydrogens is 395 g/mol. The first kappa shape index (κ1) is 20.2. The minimum absolute atomic E-state index is 0.0828. The van der Waals surface area contributed by atoms with Crippen molar-refractivity contribution in [2.45, 2.75) is 44.3 Å². The number of nitrogen functional groups attached to an aromatic ring is 1. The summed E-state index contributed by atoms with van der Waals surface area (Å²) in [6.07, 6.45) is -1.53. The van der Waals surface area contributed by atoms with Crippen molar-refractivity contribution in [3.8, 4) is 0 Å². The van der Waals surface area contributed by atoms with E-state index in [1.165, 1.54) is 0 Å². The summed E-state index contributed by atoms with van der Waals surface area (Å²) in [4.78, 5) is 18.9. The molecule has 30 heavy (non-hydrogen) atoms. The fourth-order valence-corrected chi connectivity index (χ4v) is 4.04. The van der Waals surface area contributed by atoms with Gasteiger partial charge in [-0.15, -0.1) is 0 Å². The highest BCUT2D eigenvalue weighted by atomic mass is 19.4. The normalized spacial score (nSPS) is 17.4. The summed E-state index contributed by atoms with van der Waals surface area (Å²) in [7, 11) is 0. The first-order chi connectivity index (χ1) is 14.3. The second-order valence-electron chi connectivity index (χ2n) is 7.51. The number of aryl methyl sites for hydroxylation is 1. The zero-order valence-electron chi connectivity index (χ0n) is 16.2. The van der Waals surface area contributed by atoms with E-state index in [0.29, 0.717) is 25.8 Å². The first-order valence-corrected chi connectivity index (χ1v) is 9.89. The molecule has 0 saturated carbocycles. The number of anilines is 1. The monoisotopic (exact) mass is 417 g/mol. The Morgan fingerprint density at radius 3 is 2.73 bits per heavy atom. The molecule has 0 radical (unpaired) electrons. The maximum Gasteiger partial charge on any atom is 0.417 e. The Labute approximate surface area is 171 Å². The molecule has 1 amide bonds. The summed E-state index contributed by atoms with van der Waals surface area (Å²) < 4.78 is 41.0. The topological polar surface area (TPSA) is 87.9 Å². The highest BCUT2D eigenvalue weighted by Crippen LogP contribution is 2.39. The van der Waals surface area contributed by atoms with Crippen LogP contribution in [0, 0.1) is 0 Å². The number of hydrogen-bond acceptors (Lipinski definition) is 4. The van der Waals surface area contributed by atoms with Gasteiger partial charge in [-0.05, 0) is 37.3 Å². The van der Waals surface area contributed by atoms with E-state index in [4.69, 9.17) is 5.73 Å². The van der Waals surface area contributed by atoms with Crippen molar-refractivity contribution in [2.24, 2.45) is 0 Å². The second-order valence-corrected chi connectivity index (χ2v) is 7.51. The van der Waals surface area contributed by atoms with E-state index in [9.17, 15) is 18.0 Å². The van der Waals surface area contributed by atoms with E-state index in [-0.39, 0.29) is 28.5 Å². The molecule has 4 rings (SSSR count). The van der Waals surface area contributed by atoms with E-state index in [1.54, 1.807) is 4.90 Å². The molecule has 0 unspecified atom stereocenters. The van der Waals surface area contributed by atoms with Crippen molar-refractivity contribution in [3.63, 3.8) is 0 Å². The predicted molar refractivity (Wildman–Crippen MR) is 106 cm³/mol. The Kier molecular flexibility index (Phi) is 5.36. The van der Waals surface area contributed by atoms with Crippen LogP contribution < -0.4 is 5.73 Å². The number of alkyl halides is 3. The standard InChI is InChI=1S/C21H22F3N5O/c22-21(23,24)14-12-15(26-20-18(14)19(25)27-28-20)16-8-4-5-11-29(16)17(30)10-9-13-6-2-1-3-7-13/h1-3,6-7,12,16H,4-5,8-11H2,(H3,25,26,27,28)/t16-/m1/s1. The number of aromatic nitrogens is 3. The number of benzene rings is 1. The van der Waals surface area contributed by atoms with Gasteiger partial charge in [0.25, 0.3) is 0 Å². The SMILES string of the molecule is Nc1[nH]nc2nc([C@H]3CCCCN3C(=O)CCc3ccccc3)cc(C(F)(F)F)c12. The van der Waals surface area contributed by atoms with Crippen molar-refractivity contribution in [1.82, 2.24) is 20.1 Å². The fraction of sp³-hybridized carbons (Fsp3) is 0.381. The number of nitrogens with two attached hydrogens (primary N) is 1. The van der Waals surface area contributed by atoms with Crippen LogP contribution in [-0.2, 0) is 17.4 Å². The summed E-state index contributed by atoms with van der Waals surface area (Å²) in [6, 6.07) is 10.1. The number of likely N-dealkylation sites (tertiary alicyclic amines) is 1. The molecule has 3 aromatic rings. The van der Waals surface area contributed by atoms with Gasteiger partial charge in [-0.2, -0.15) is 18.3 Å². The molecule has 0 aliphatic carbocycles. The van der Waals surface area contributed by atoms with Crippen molar-refractivity contribution < 1.29 is 18.0 Å². The number of aromatic amines is 1. The van der Waals surface area contributed by atoms with Crippen LogP contribution in [0.3, 0.4) is 0 Å². The van der Waals surface area contributed by atoms with Gasteiger partial charge in [0.2, 0.25) is 5.91 Å². The average Bonchev–Trinajstić information content (AvgIpc) is 3.12. The van der Waals surface area contributed by atoms with Crippen molar-refractivity contribution in [2.75, 3.05) is 12.3 Å². The Morgan fingerprint density at radius 2 is 2.00 bits per heavy atom. The van der Waals surface area contributed by atoms with Gasteiger partial charge < -0.3 is 10.6 Å². The highest BCUT2D eigenvalue weighted by Gasteiger charge is 2.37. The molecule has 158 valence electrons. The molecule has 1 atom stereocenters. The maximum atomic E-state index is 13.7. The second kappa shape index (κ2) is 7.97. The summed E-state index contributed by atoms with van der Waals surface area (Å²) >= 11 is 0. The molecule has 9 heteroatoms. The lowest BCUT2D eigenvalue weighted by Gasteiger charge is -2.35. The quantitative estimate of drug-likeness (QED) is 0.665. The zero-order valence-corrected chi connectivity index (χ0v) is 16.2. The van der Waals surface area contributed by atoms with E-state index in [1.807, 2.05) is 30.3 Å². The number of nitrogens with zero attached hydrogens (tertiary/aromatic N) is 3. The molecule has 0 spiro atoms. The molecule has 6 nitrogen and oxygen atoms in total. The Bertz CT molecular complexity index is 1050. The number of piperidine rings is 1. The minimum atomic E-state index is -4.61. The van der Waals surface area contributed by atoms with Crippen LogP contribution in [0.15, 0.2) is 36.4 Å². The van der Waals surface area contributed by atoms with E-state index in [2.05, 4.69) is 15.2 Å². The van der Waals surface area contributed by atoms with Crippen LogP contribution in [0.25, 0.3) is 11.0 Å². The minimum Gasteiger partial charge on any atom is -0.383 e. The Hall–Kier alpha value is -3.10. The summed E-state index contributed by atoms with van der Waals surface area (Å²) in [5, 5.41) is 5.97. The van der Waals surface area contributed by atoms with Gasteiger partial charge in [0.1, 0.15) is 5.82 Å².